The van der Waals surface area contributed by atoms with Gasteiger partial charge < -0.3 is 18.3 Å². The third kappa shape index (κ3) is 5.82. The van der Waals surface area contributed by atoms with E-state index in [0.717, 1.165) is 68.7 Å². The molecule has 0 saturated heterocycles. The molecule has 5 heterocycles. The van der Waals surface area contributed by atoms with Crippen LogP contribution in [0.2, 0.25) is 0 Å². The minimum atomic E-state index is 0.641. The predicted octanol–water partition coefficient (Wildman–Crippen LogP) is 15.0. The minimum absolute atomic E-state index is 0.641. The third-order valence-corrected chi connectivity index (χ3v) is 13.7. The average Bonchev–Trinajstić information content (AvgIpc) is 4.14. The van der Waals surface area contributed by atoms with Crippen LogP contribution in [0.15, 0.2) is 224 Å². The van der Waals surface area contributed by atoms with Gasteiger partial charge in [-0.2, -0.15) is 0 Å². The van der Waals surface area contributed by atoms with Crippen LogP contribution in [-0.2, 0) is 0 Å². The lowest BCUT2D eigenvalue weighted by atomic mass is 10.0. The van der Waals surface area contributed by atoms with Gasteiger partial charge in [-0.1, -0.05) is 146 Å². The number of para-hydroxylation sites is 6. The molecular weight excluding hydrogens is 831 g/mol. The molecule has 7 heteroatoms. The van der Waals surface area contributed by atoms with Gasteiger partial charge >= 0.3 is 0 Å². The molecule has 0 saturated carbocycles. The molecule has 0 bridgehead atoms. The van der Waals surface area contributed by atoms with Gasteiger partial charge in [0.2, 0.25) is 0 Å². The first-order valence-corrected chi connectivity index (χ1v) is 23.3. The molecule has 14 rings (SSSR count). The highest BCUT2D eigenvalue weighted by Gasteiger charge is 2.28. The van der Waals surface area contributed by atoms with Crippen molar-refractivity contribution in [1.82, 2.24) is 33.2 Å². The fraction of sp³-hybridized carbons (Fsp3) is 0.0328. The molecule has 1 aliphatic carbocycles. The predicted molar refractivity (Wildman–Crippen MR) is 280 cm³/mol. The minimum Gasteiger partial charge on any atom is -0.313 e. The Labute approximate surface area is 391 Å². The average molecular weight is 872 g/mol. The second kappa shape index (κ2) is 15.3. The number of benzene rings is 8. The summed E-state index contributed by atoms with van der Waals surface area (Å²) in [5, 5.41) is 4.91. The number of fused-ring (bicyclic) bond motifs is 10. The summed E-state index contributed by atoms with van der Waals surface area (Å²) in [5.41, 5.74) is 16.9. The SMILES string of the molecule is C1=C(c2nc(-c3ccccc3)nc(-c3ccc(-n4c5ccccc5c5c4c4c(c6ccccc6n4-c4ccccc4)n5-c4ccccc4)cc3)n2)CCC(n2c3ccccc3c3ccccc32)=C1. The lowest BCUT2D eigenvalue weighted by Gasteiger charge is -2.18. The van der Waals surface area contributed by atoms with Crippen LogP contribution in [0.25, 0.3) is 117 Å². The Hall–Kier alpha value is -9.07. The topological polar surface area (TPSA) is 58.4 Å². The summed E-state index contributed by atoms with van der Waals surface area (Å²) in [4.78, 5) is 15.5. The Bertz CT molecular complexity index is 4110. The van der Waals surface area contributed by atoms with Gasteiger partial charge in [0.15, 0.2) is 17.5 Å². The molecule has 0 N–H and O–H groups in total. The Kier molecular flexibility index (Phi) is 8.58. The Balaban J connectivity index is 0.942. The highest BCUT2D eigenvalue weighted by Crippen LogP contribution is 2.46. The van der Waals surface area contributed by atoms with Gasteiger partial charge in [0.25, 0.3) is 0 Å². The first kappa shape index (κ1) is 38.2. The second-order valence-corrected chi connectivity index (χ2v) is 17.5. The number of rotatable bonds is 7. The van der Waals surface area contributed by atoms with Crippen LogP contribution < -0.4 is 0 Å². The molecule has 0 spiro atoms. The van der Waals surface area contributed by atoms with Gasteiger partial charge in [-0.25, -0.2) is 15.0 Å². The number of hydrogen-bond acceptors (Lipinski definition) is 3. The van der Waals surface area contributed by atoms with Crippen LogP contribution >= 0.6 is 0 Å². The van der Waals surface area contributed by atoms with E-state index < -0.39 is 0 Å². The van der Waals surface area contributed by atoms with E-state index in [4.69, 9.17) is 15.0 Å². The van der Waals surface area contributed by atoms with E-state index in [0.29, 0.717) is 17.5 Å². The van der Waals surface area contributed by atoms with Crippen molar-refractivity contribution in [3.8, 4) is 39.8 Å². The Morgan fingerprint density at radius 3 is 1.18 bits per heavy atom. The van der Waals surface area contributed by atoms with Crippen LogP contribution in [0, 0.1) is 0 Å². The molecule has 0 aliphatic heterocycles. The number of allylic oxidation sites excluding steroid dienone is 4. The van der Waals surface area contributed by atoms with E-state index in [-0.39, 0.29) is 0 Å². The third-order valence-electron chi connectivity index (χ3n) is 13.7. The van der Waals surface area contributed by atoms with Gasteiger partial charge in [0.05, 0.1) is 44.1 Å². The fourth-order valence-electron chi connectivity index (χ4n) is 10.8. The van der Waals surface area contributed by atoms with Crippen molar-refractivity contribution in [2.45, 2.75) is 12.8 Å². The van der Waals surface area contributed by atoms with Crippen molar-refractivity contribution in [2.75, 3.05) is 0 Å². The van der Waals surface area contributed by atoms with Crippen LogP contribution in [0.1, 0.15) is 18.7 Å². The van der Waals surface area contributed by atoms with E-state index in [1.165, 1.54) is 49.3 Å². The zero-order valence-electron chi connectivity index (χ0n) is 36.9. The Morgan fingerprint density at radius 1 is 0.279 bits per heavy atom. The summed E-state index contributed by atoms with van der Waals surface area (Å²) < 4.78 is 9.77. The molecule has 5 aromatic heterocycles. The highest BCUT2D eigenvalue weighted by molar-refractivity contribution is 6.25. The highest BCUT2D eigenvalue weighted by atomic mass is 15.1. The van der Waals surface area contributed by atoms with Crippen molar-refractivity contribution < 1.29 is 0 Å². The number of aromatic nitrogens is 7. The van der Waals surface area contributed by atoms with E-state index in [9.17, 15) is 0 Å². The normalized spacial score (nSPS) is 13.1. The largest absolute Gasteiger partial charge is 0.313 e. The molecule has 0 unspecified atom stereocenters. The summed E-state index contributed by atoms with van der Waals surface area (Å²) in [7, 11) is 0. The zero-order valence-corrected chi connectivity index (χ0v) is 36.9. The maximum Gasteiger partial charge on any atom is 0.164 e. The molecule has 7 nitrogen and oxygen atoms in total. The summed E-state index contributed by atoms with van der Waals surface area (Å²) in [6, 6.07) is 75.5. The van der Waals surface area contributed by atoms with Crippen LogP contribution in [0.4, 0.5) is 0 Å². The van der Waals surface area contributed by atoms with Crippen LogP contribution in [0.3, 0.4) is 0 Å². The van der Waals surface area contributed by atoms with E-state index in [1.807, 2.05) is 18.2 Å². The van der Waals surface area contributed by atoms with Crippen LogP contribution in [-0.4, -0.2) is 33.2 Å². The van der Waals surface area contributed by atoms with Crippen molar-refractivity contribution in [3.05, 3.63) is 230 Å². The van der Waals surface area contributed by atoms with E-state index in [2.05, 4.69) is 225 Å². The van der Waals surface area contributed by atoms with Crippen molar-refractivity contribution in [2.24, 2.45) is 0 Å². The summed E-state index contributed by atoms with van der Waals surface area (Å²) >= 11 is 0. The summed E-state index contributed by atoms with van der Waals surface area (Å²) in [5.74, 6) is 2.00. The monoisotopic (exact) mass is 871 g/mol. The van der Waals surface area contributed by atoms with Crippen LogP contribution in [0.5, 0.6) is 0 Å². The molecule has 0 amide bonds. The lowest BCUT2D eigenvalue weighted by molar-refractivity contribution is 0.954. The smallest absolute Gasteiger partial charge is 0.164 e. The van der Waals surface area contributed by atoms with E-state index >= 15 is 0 Å². The number of nitrogens with zero attached hydrogens (tertiary/aromatic N) is 7. The van der Waals surface area contributed by atoms with Gasteiger partial charge in [-0.15, -0.1) is 0 Å². The van der Waals surface area contributed by atoms with Gasteiger partial charge in [-0.05, 0) is 97.3 Å². The maximum absolute atomic E-state index is 5.24. The summed E-state index contributed by atoms with van der Waals surface area (Å²) in [6.07, 6.45) is 6.11. The molecule has 320 valence electrons. The van der Waals surface area contributed by atoms with Gasteiger partial charge in [0, 0.05) is 55.4 Å². The molecular formula is C61H41N7. The van der Waals surface area contributed by atoms with Crippen molar-refractivity contribution in [1.29, 1.82) is 0 Å². The Morgan fingerprint density at radius 2 is 0.676 bits per heavy atom. The fourth-order valence-corrected chi connectivity index (χ4v) is 10.8. The molecule has 0 radical (unpaired) electrons. The molecule has 8 aromatic carbocycles. The van der Waals surface area contributed by atoms with Gasteiger partial charge in [-0.3, -0.25) is 0 Å². The summed E-state index contributed by atoms with van der Waals surface area (Å²) in [6.45, 7) is 0. The zero-order chi connectivity index (χ0) is 44.7. The molecule has 68 heavy (non-hydrogen) atoms. The van der Waals surface area contributed by atoms with Crippen molar-refractivity contribution >= 4 is 76.9 Å². The molecule has 13 aromatic rings. The second-order valence-electron chi connectivity index (χ2n) is 17.5. The lowest BCUT2D eigenvalue weighted by Crippen LogP contribution is -2.06. The standard InChI is InChI=1S/C61H41N7/c1-4-18-40(19-5-1)59-62-60(41-32-36-45(37-33-41)65-51-28-14-10-24-47(51)48-25-11-15-29-52(48)65)64-61(63-59)42-34-38-46(39-35-42)67-54-31-17-13-27-50(54)56-58(67)57-55(68(56)44-22-8-3-9-23-44)49-26-12-16-30-53(49)66(57)43-20-6-2-7-21-43/h1-32,34-36,38-39H,33,37H2. The first-order valence-electron chi connectivity index (χ1n) is 23.3. The first-order chi connectivity index (χ1) is 33.8. The maximum atomic E-state index is 5.24. The quantitative estimate of drug-likeness (QED) is 0.160. The molecule has 0 fully saturated rings. The number of hydrogen-bond donors (Lipinski definition) is 0. The van der Waals surface area contributed by atoms with Crippen molar-refractivity contribution in [3.63, 3.8) is 0 Å². The van der Waals surface area contributed by atoms with E-state index in [1.54, 1.807) is 0 Å². The molecule has 0 atom stereocenters. The molecule has 1 aliphatic rings. The van der Waals surface area contributed by atoms with Gasteiger partial charge in [0.1, 0.15) is 0 Å².